The van der Waals surface area contributed by atoms with Gasteiger partial charge in [-0.1, -0.05) is 15.9 Å². The molecular weight excluding hydrogens is 366 g/mol. The summed E-state index contributed by atoms with van der Waals surface area (Å²) in [6.07, 6.45) is 0. The lowest BCUT2D eigenvalue weighted by Crippen LogP contribution is -2.44. The Kier molecular flexibility index (Phi) is 4.55. The molecule has 2 rings (SSSR count). The number of carbonyl (C=O) groups excluding carboxylic acids is 1. The van der Waals surface area contributed by atoms with Crippen LogP contribution in [0, 0.1) is 0 Å². The smallest absolute Gasteiger partial charge is 0.255 e. The first-order valence-electron chi connectivity index (χ1n) is 5.43. The molecule has 0 saturated carbocycles. The molecular formula is C12H13Br2NOS. The van der Waals surface area contributed by atoms with Gasteiger partial charge in [0.05, 0.1) is 5.56 Å². The highest BCUT2D eigenvalue weighted by molar-refractivity contribution is 9.11. The van der Waals surface area contributed by atoms with Crippen LogP contribution in [0.3, 0.4) is 0 Å². The van der Waals surface area contributed by atoms with Crippen molar-refractivity contribution in [2.24, 2.45) is 0 Å². The average molecular weight is 379 g/mol. The molecule has 1 amide bonds. The largest absolute Gasteiger partial charge is 0.334 e. The summed E-state index contributed by atoms with van der Waals surface area (Å²) in [6.45, 7) is 2.95. The Morgan fingerprint density at radius 2 is 2.24 bits per heavy atom. The van der Waals surface area contributed by atoms with Gasteiger partial charge in [-0.05, 0) is 41.1 Å². The summed E-state index contributed by atoms with van der Waals surface area (Å²) in [5.41, 5.74) is 0.743. The number of amides is 1. The Morgan fingerprint density at radius 3 is 2.88 bits per heavy atom. The first-order chi connectivity index (χ1) is 8.09. The number of halogens is 2. The van der Waals surface area contributed by atoms with E-state index in [0.717, 1.165) is 32.6 Å². The third kappa shape index (κ3) is 3.06. The quantitative estimate of drug-likeness (QED) is 0.740. The first-order valence-corrected chi connectivity index (χ1v) is 8.17. The van der Waals surface area contributed by atoms with Crippen molar-refractivity contribution in [3.8, 4) is 0 Å². The number of thioether (sulfide) groups is 1. The van der Waals surface area contributed by atoms with E-state index in [1.165, 1.54) is 0 Å². The summed E-state index contributed by atoms with van der Waals surface area (Å²) < 4.78 is 1.82. The number of nitrogens with zero attached hydrogens (tertiary/aromatic N) is 1. The molecule has 0 spiro atoms. The molecule has 17 heavy (non-hydrogen) atoms. The van der Waals surface area contributed by atoms with E-state index in [-0.39, 0.29) is 5.91 Å². The molecule has 5 heteroatoms. The van der Waals surface area contributed by atoms with E-state index in [2.05, 4.69) is 38.8 Å². The van der Waals surface area contributed by atoms with Gasteiger partial charge in [0.25, 0.3) is 5.91 Å². The highest BCUT2D eigenvalue weighted by atomic mass is 79.9. The predicted octanol–water partition coefficient (Wildman–Crippen LogP) is 3.79. The van der Waals surface area contributed by atoms with Gasteiger partial charge in [0, 0.05) is 33.0 Å². The van der Waals surface area contributed by atoms with E-state index >= 15 is 0 Å². The molecule has 1 atom stereocenters. The fourth-order valence-corrected chi connectivity index (χ4v) is 4.08. The molecule has 1 unspecified atom stereocenters. The second-order valence-corrected chi connectivity index (χ2v) is 6.97. The minimum absolute atomic E-state index is 0.122. The minimum atomic E-state index is 0.122. The molecule has 1 fully saturated rings. The molecule has 0 radical (unpaired) electrons. The van der Waals surface area contributed by atoms with Gasteiger partial charge in [-0.25, -0.2) is 0 Å². The normalized spacial score (nSPS) is 20.4. The minimum Gasteiger partial charge on any atom is -0.334 e. The lowest BCUT2D eigenvalue weighted by Gasteiger charge is -2.33. The van der Waals surface area contributed by atoms with Crippen molar-refractivity contribution >= 4 is 49.5 Å². The van der Waals surface area contributed by atoms with Crippen LogP contribution in [0.15, 0.2) is 27.1 Å². The summed E-state index contributed by atoms with van der Waals surface area (Å²) in [7, 11) is 0. The molecule has 1 aliphatic heterocycles. The van der Waals surface area contributed by atoms with E-state index in [9.17, 15) is 4.79 Å². The monoisotopic (exact) mass is 377 g/mol. The highest BCUT2D eigenvalue weighted by Gasteiger charge is 2.25. The van der Waals surface area contributed by atoms with Crippen molar-refractivity contribution in [1.82, 2.24) is 4.90 Å². The summed E-state index contributed by atoms with van der Waals surface area (Å²) >= 11 is 8.76. The van der Waals surface area contributed by atoms with Gasteiger partial charge in [-0.15, -0.1) is 0 Å². The van der Waals surface area contributed by atoms with Crippen molar-refractivity contribution in [1.29, 1.82) is 0 Å². The van der Waals surface area contributed by atoms with Crippen molar-refractivity contribution in [3.63, 3.8) is 0 Å². The number of hydrogen-bond acceptors (Lipinski definition) is 2. The zero-order chi connectivity index (χ0) is 12.4. The second kappa shape index (κ2) is 5.76. The third-order valence-electron chi connectivity index (χ3n) is 2.79. The van der Waals surface area contributed by atoms with Gasteiger partial charge in [0.1, 0.15) is 0 Å². The van der Waals surface area contributed by atoms with Gasteiger partial charge >= 0.3 is 0 Å². The summed E-state index contributed by atoms with van der Waals surface area (Å²) in [4.78, 5) is 14.4. The van der Waals surface area contributed by atoms with Crippen LogP contribution in [0.1, 0.15) is 17.3 Å². The fraction of sp³-hybridized carbons (Fsp3) is 0.417. The van der Waals surface area contributed by atoms with E-state index < -0.39 is 0 Å². The van der Waals surface area contributed by atoms with Crippen molar-refractivity contribution < 1.29 is 4.79 Å². The number of rotatable bonds is 1. The summed E-state index contributed by atoms with van der Waals surface area (Å²) in [6, 6.07) is 6.00. The van der Waals surface area contributed by atoms with Crippen LogP contribution >= 0.6 is 43.6 Å². The van der Waals surface area contributed by atoms with Crippen LogP contribution < -0.4 is 0 Å². The van der Waals surface area contributed by atoms with Gasteiger partial charge in [0.15, 0.2) is 0 Å². The predicted molar refractivity (Wildman–Crippen MR) is 79.7 cm³/mol. The second-order valence-electron chi connectivity index (χ2n) is 4.05. The lowest BCUT2D eigenvalue weighted by atomic mass is 10.1. The average Bonchev–Trinajstić information content (AvgIpc) is 2.29. The van der Waals surface area contributed by atoms with Crippen LogP contribution in [0.2, 0.25) is 0 Å². The molecule has 0 aliphatic carbocycles. The van der Waals surface area contributed by atoms with E-state index in [0.29, 0.717) is 6.04 Å². The maximum atomic E-state index is 12.4. The molecule has 0 aromatic heterocycles. The van der Waals surface area contributed by atoms with Gasteiger partial charge < -0.3 is 4.90 Å². The van der Waals surface area contributed by atoms with E-state index in [1.54, 1.807) is 0 Å². The third-order valence-corrected chi connectivity index (χ3v) is 5.13. The van der Waals surface area contributed by atoms with Crippen molar-refractivity contribution in [2.45, 2.75) is 13.0 Å². The van der Waals surface area contributed by atoms with Crippen LogP contribution in [0.4, 0.5) is 0 Å². The molecule has 1 aliphatic rings. The molecule has 0 N–H and O–H groups in total. The number of carbonyl (C=O) groups is 1. The van der Waals surface area contributed by atoms with Crippen molar-refractivity contribution in [3.05, 3.63) is 32.7 Å². The number of hydrogen-bond donors (Lipinski definition) is 0. The molecule has 1 aromatic rings. The van der Waals surface area contributed by atoms with E-state index in [1.807, 2.05) is 34.9 Å². The van der Waals surface area contributed by atoms with Crippen LogP contribution in [-0.4, -0.2) is 34.9 Å². The van der Waals surface area contributed by atoms with E-state index in [4.69, 9.17) is 0 Å². The zero-order valence-electron chi connectivity index (χ0n) is 9.45. The Labute approximate surface area is 122 Å². The topological polar surface area (TPSA) is 20.3 Å². The maximum absolute atomic E-state index is 12.4. The van der Waals surface area contributed by atoms with Gasteiger partial charge in [-0.3, -0.25) is 4.79 Å². The molecule has 1 saturated heterocycles. The Hall–Kier alpha value is -0.000000000000000111. The number of benzene rings is 1. The van der Waals surface area contributed by atoms with Gasteiger partial charge in [0.2, 0.25) is 0 Å². The van der Waals surface area contributed by atoms with Crippen LogP contribution in [0.25, 0.3) is 0 Å². The highest BCUT2D eigenvalue weighted by Crippen LogP contribution is 2.25. The zero-order valence-corrected chi connectivity index (χ0v) is 13.4. The van der Waals surface area contributed by atoms with Crippen molar-refractivity contribution in [2.75, 3.05) is 18.1 Å². The Balaban J connectivity index is 2.24. The van der Waals surface area contributed by atoms with Crippen LogP contribution in [0.5, 0.6) is 0 Å². The molecule has 1 aromatic carbocycles. The Morgan fingerprint density at radius 1 is 1.47 bits per heavy atom. The molecule has 0 bridgehead atoms. The molecule has 2 nitrogen and oxygen atoms in total. The fourth-order valence-electron chi connectivity index (χ4n) is 1.85. The molecule has 1 heterocycles. The maximum Gasteiger partial charge on any atom is 0.255 e. The molecule has 92 valence electrons. The van der Waals surface area contributed by atoms with Crippen LogP contribution in [-0.2, 0) is 0 Å². The summed E-state index contributed by atoms with van der Waals surface area (Å²) in [5, 5.41) is 0. The SMILES string of the molecule is CC1CSCCN1C(=O)c1ccc(Br)cc1Br. The lowest BCUT2D eigenvalue weighted by molar-refractivity contribution is 0.0715. The van der Waals surface area contributed by atoms with Gasteiger partial charge in [-0.2, -0.15) is 11.8 Å². The first kappa shape index (κ1) is 13.4. The Bertz CT molecular complexity index is 439. The summed E-state index contributed by atoms with van der Waals surface area (Å²) in [5.74, 6) is 2.18. The standard InChI is InChI=1S/C12H13Br2NOS/c1-8-7-17-5-4-15(8)12(16)10-3-2-9(13)6-11(10)14/h2-3,6,8H,4-5,7H2,1H3.